The fourth-order valence-corrected chi connectivity index (χ4v) is 3.72. The van der Waals surface area contributed by atoms with Crippen LogP contribution in [0.5, 0.6) is 0 Å². The Kier molecular flexibility index (Phi) is 7.02. The van der Waals surface area contributed by atoms with Crippen LogP contribution >= 0.6 is 47.8 Å². The summed E-state index contributed by atoms with van der Waals surface area (Å²) in [5, 5.41) is 6.89. The van der Waals surface area contributed by atoms with Gasteiger partial charge in [-0.3, -0.25) is 4.79 Å². The summed E-state index contributed by atoms with van der Waals surface area (Å²) in [4.78, 5) is 11.6. The minimum atomic E-state index is -0.196. The maximum Gasteiger partial charge on any atom is 0.259 e. The first kappa shape index (κ1) is 16.7. The van der Waals surface area contributed by atoms with Gasteiger partial charge in [-0.2, -0.15) is 5.10 Å². The minimum Gasteiger partial charge on any atom is -0.374 e. The van der Waals surface area contributed by atoms with E-state index in [-0.39, 0.29) is 12.5 Å². The lowest BCUT2D eigenvalue weighted by molar-refractivity contribution is -0.119. The van der Waals surface area contributed by atoms with Crippen molar-refractivity contribution in [2.45, 2.75) is 13.8 Å². The average molecular weight is 456 g/mol. The second-order valence-corrected chi connectivity index (χ2v) is 6.78. The number of nitrogens with one attached hydrogen (secondary N) is 2. The number of amides is 1. The number of carbonyl (C=O) groups excluding carboxylic acids is 1. The number of carbonyl (C=O) groups is 1. The maximum absolute atomic E-state index is 11.6. The van der Waals surface area contributed by atoms with Gasteiger partial charge in [0.25, 0.3) is 5.91 Å². The first-order valence-electron chi connectivity index (χ1n) is 5.60. The molecule has 0 heterocycles. The summed E-state index contributed by atoms with van der Waals surface area (Å²) < 4.78 is 2.68. The Morgan fingerprint density at radius 2 is 1.89 bits per heavy atom. The van der Waals surface area contributed by atoms with Crippen molar-refractivity contribution < 1.29 is 4.79 Å². The monoisotopic (exact) mass is 453 g/mol. The van der Waals surface area contributed by atoms with Crippen LogP contribution in [0.1, 0.15) is 13.8 Å². The van der Waals surface area contributed by atoms with Crippen LogP contribution in [0, 0.1) is 5.92 Å². The smallest absolute Gasteiger partial charge is 0.259 e. The van der Waals surface area contributed by atoms with E-state index in [1.165, 1.54) is 0 Å². The third kappa shape index (κ3) is 6.05. The third-order valence-electron chi connectivity index (χ3n) is 1.99. The van der Waals surface area contributed by atoms with Gasteiger partial charge in [0.2, 0.25) is 0 Å². The van der Waals surface area contributed by atoms with E-state index in [4.69, 9.17) is 0 Å². The number of hydrogen-bond acceptors (Lipinski definition) is 3. The molecule has 0 fully saturated rings. The van der Waals surface area contributed by atoms with Gasteiger partial charge in [0, 0.05) is 19.6 Å². The quantitative estimate of drug-likeness (QED) is 0.517. The highest BCUT2D eigenvalue weighted by Gasteiger charge is 2.08. The van der Waals surface area contributed by atoms with Crippen molar-refractivity contribution in [3.63, 3.8) is 0 Å². The maximum atomic E-state index is 11.6. The number of rotatable bonds is 5. The van der Waals surface area contributed by atoms with Crippen molar-refractivity contribution >= 4 is 65.6 Å². The van der Waals surface area contributed by atoms with Gasteiger partial charge < -0.3 is 5.32 Å². The van der Waals surface area contributed by atoms with Crippen molar-refractivity contribution in [1.82, 2.24) is 5.43 Å². The zero-order valence-electron chi connectivity index (χ0n) is 10.5. The van der Waals surface area contributed by atoms with E-state index in [1.54, 1.807) is 6.21 Å². The molecule has 0 bridgehead atoms. The normalized spacial score (nSPS) is 11.1. The fourth-order valence-electron chi connectivity index (χ4n) is 1.18. The molecule has 0 saturated heterocycles. The lowest BCUT2D eigenvalue weighted by atomic mass is 10.3. The molecular formula is C12H14Br3N3O. The van der Waals surface area contributed by atoms with Crippen LogP contribution < -0.4 is 10.7 Å². The number of hydrogen-bond donors (Lipinski definition) is 2. The van der Waals surface area contributed by atoms with Gasteiger partial charge in [0.15, 0.2) is 0 Å². The standard InChI is InChI=1S/C12H14Br3N3O/c1-7(2)5-17-18-11(19)6-16-12-9(14)3-8(13)4-10(12)15/h3-5,7,16H,6H2,1-2H3,(H,18,19)/b17-5+. The molecule has 0 saturated carbocycles. The number of halogens is 3. The predicted molar refractivity (Wildman–Crippen MR) is 89.5 cm³/mol. The molecule has 0 aliphatic carbocycles. The topological polar surface area (TPSA) is 53.5 Å². The van der Waals surface area contributed by atoms with Gasteiger partial charge >= 0.3 is 0 Å². The van der Waals surface area contributed by atoms with Crippen molar-refractivity contribution in [1.29, 1.82) is 0 Å². The van der Waals surface area contributed by atoms with E-state index in [9.17, 15) is 4.79 Å². The molecule has 0 radical (unpaired) electrons. The summed E-state index contributed by atoms with van der Waals surface area (Å²) in [5.41, 5.74) is 3.29. The zero-order chi connectivity index (χ0) is 14.4. The number of anilines is 1. The Balaban J connectivity index is 2.55. The van der Waals surface area contributed by atoms with E-state index < -0.39 is 0 Å². The van der Waals surface area contributed by atoms with Crippen molar-refractivity contribution in [2.24, 2.45) is 11.0 Å². The van der Waals surface area contributed by atoms with Gasteiger partial charge in [0.05, 0.1) is 12.2 Å². The van der Waals surface area contributed by atoms with Crippen LogP contribution in [0.25, 0.3) is 0 Å². The van der Waals surface area contributed by atoms with E-state index in [2.05, 4.69) is 63.6 Å². The SMILES string of the molecule is CC(C)/C=N/NC(=O)CNc1c(Br)cc(Br)cc1Br. The molecule has 0 atom stereocenters. The Bertz CT molecular complexity index is 466. The molecule has 4 nitrogen and oxygen atoms in total. The van der Waals surface area contributed by atoms with Gasteiger partial charge in [-0.15, -0.1) is 0 Å². The van der Waals surface area contributed by atoms with Crippen LogP contribution in [0.2, 0.25) is 0 Å². The molecule has 0 unspecified atom stereocenters. The van der Waals surface area contributed by atoms with Gasteiger partial charge in [-0.25, -0.2) is 5.43 Å². The number of benzene rings is 1. The van der Waals surface area contributed by atoms with Crippen molar-refractivity contribution in [3.8, 4) is 0 Å². The summed E-state index contributed by atoms with van der Waals surface area (Å²) in [6.45, 7) is 4.13. The van der Waals surface area contributed by atoms with E-state index >= 15 is 0 Å². The van der Waals surface area contributed by atoms with E-state index in [0.717, 1.165) is 19.1 Å². The molecular weight excluding hydrogens is 442 g/mol. The van der Waals surface area contributed by atoms with Crippen LogP contribution in [0.4, 0.5) is 5.69 Å². The Hall–Kier alpha value is -0.400. The molecule has 104 valence electrons. The van der Waals surface area contributed by atoms with Gasteiger partial charge in [-0.1, -0.05) is 29.8 Å². The summed E-state index contributed by atoms with van der Waals surface area (Å²) in [5.74, 6) is 0.113. The van der Waals surface area contributed by atoms with Gasteiger partial charge in [-0.05, 0) is 49.9 Å². The van der Waals surface area contributed by atoms with Crippen LogP contribution in [-0.4, -0.2) is 18.7 Å². The Labute approximate surface area is 137 Å². The van der Waals surface area contributed by atoms with Crippen molar-refractivity contribution in [3.05, 3.63) is 25.6 Å². The summed E-state index contributed by atoms with van der Waals surface area (Å²) in [6, 6.07) is 3.81. The van der Waals surface area contributed by atoms with E-state index in [1.807, 2.05) is 26.0 Å². The summed E-state index contributed by atoms with van der Waals surface area (Å²) in [6.07, 6.45) is 1.68. The lowest BCUT2D eigenvalue weighted by Crippen LogP contribution is -2.26. The molecule has 0 aliphatic rings. The molecule has 7 heteroatoms. The molecule has 1 amide bonds. The number of nitrogens with zero attached hydrogens (tertiary/aromatic N) is 1. The second-order valence-electron chi connectivity index (χ2n) is 4.16. The third-order valence-corrected chi connectivity index (χ3v) is 3.70. The molecule has 19 heavy (non-hydrogen) atoms. The Morgan fingerprint density at radius 1 is 1.32 bits per heavy atom. The molecule has 0 aliphatic heterocycles. The summed E-state index contributed by atoms with van der Waals surface area (Å²) in [7, 11) is 0. The van der Waals surface area contributed by atoms with E-state index in [0.29, 0.717) is 5.92 Å². The lowest BCUT2D eigenvalue weighted by Gasteiger charge is -2.10. The van der Waals surface area contributed by atoms with Crippen molar-refractivity contribution in [2.75, 3.05) is 11.9 Å². The van der Waals surface area contributed by atoms with Gasteiger partial charge in [0.1, 0.15) is 0 Å². The minimum absolute atomic E-state index is 0.147. The fraction of sp³-hybridized carbons (Fsp3) is 0.333. The van der Waals surface area contributed by atoms with Crippen LogP contribution in [-0.2, 0) is 4.79 Å². The first-order chi connectivity index (χ1) is 8.90. The molecule has 1 aromatic carbocycles. The van der Waals surface area contributed by atoms with Crippen LogP contribution in [0.15, 0.2) is 30.7 Å². The Morgan fingerprint density at radius 3 is 2.42 bits per heavy atom. The average Bonchev–Trinajstić information content (AvgIpc) is 2.26. The number of hydrazone groups is 1. The zero-order valence-corrected chi connectivity index (χ0v) is 15.3. The first-order valence-corrected chi connectivity index (χ1v) is 7.98. The largest absolute Gasteiger partial charge is 0.374 e. The molecule has 1 aromatic rings. The van der Waals surface area contributed by atoms with Crippen LogP contribution in [0.3, 0.4) is 0 Å². The highest BCUT2D eigenvalue weighted by molar-refractivity contribution is 9.11. The predicted octanol–water partition coefficient (Wildman–Crippen LogP) is 4.14. The molecule has 1 rings (SSSR count). The molecule has 0 aromatic heterocycles. The molecule has 0 spiro atoms. The highest BCUT2D eigenvalue weighted by Crippen LogP contribution is 2.34. The highest BCUT2D eigenvalue weighted by atomic mass is 79.9. The summed E-state index contributed by atoms with van der Waals surface area (Å²) >= 11 is 10.3. The second kappa shape index (κ2) is 8.01. The molecule has 2 N–H and O–H groups in total.